The number of thiocarbonyl (C=S) groups is 1. The van der Waals surface area contributed by atoms with Crippen LogP contribution in [0.1, 0.15) is 11.1 Å². The van der Waals surface area contributed by atoms with Crippen molar-refractivity contribution in [3.63, 3.8) is 0 Å². The summed E-state index contributed by atoms with van der Waals surface area (Å²) in [5, 5.41) is 24.9. The molecule has 0 spiro atoms. The molecule has 5 nitrogen and oxygen atoms in total. The van der Waals surface area contributed by atoms with Crippen molar-refractivity contribution in [1.82, 2.24) is 5.43 Å². The van der Waals surface area contributed by atoms with Gasteiger partial charge < -0.3 is 15.5 Å². The number of hydrazone groups is 1. The van der Waals surface area contributed by atoms with Gasteiger partial charge in [0.1, 0.15) is 0 Å². The summed E-state index contributed by atoms with van der Waals surface area (Å²) in [5.41, 5.74) is 2.30. The Kier molecular flexibility index (Phi) is 5.24. The SMILES string of the molecule is Oc1ccc(/C=N/NC(=S)Nc2cccc(C(F)(F)F)c2)cc1O. The number of aromatic hydroxyl groups is 2. The van der Waals surface area contributed by atoms with Gasteiger partial charge in [0.15, 0.2) is 16.6 Å². The first-order chi connectivity index (χ1) is 11.3. The number of rotatable bonds is 3. The molecule has 24 heavy (non-hydrogen) atoms. The quantitative estimate of drug-likeness (QED) is 0.294. The number of nitrogens with one attached hydrogen (secondary N) is 2. The van der Waals surface area contributed by atoms with E-state index in [2.05, 4.69) is 15.8 Å². The van der Waals surface area contributed by atoms with Crippen molar-refractivity contribution in [3.05, 3.63) is 53.6 Å². The minimum atomic E-state index is -4.44. The molecule has 0 aliphatic rings. The summed E-state index contributed by atoms with van der Waals surface area (Å²) in [6.07, 6.45) is -3.12. The van der Waals surface area contributed by atoms with Gasteiger partial charge >= 0.3 is 6.18 Å². The largest absolute Gasteiger partial charge is 0.504 e. The van der Waals surface area contributed by atoms with Gasteiger partial charge in [0.05, 0.1) is 11.8 Å². The standard InChI is InChI=1S/C15H12F3N3O2S/c16-15(17,18)10-2-1-3-11(7-10)20-14(24)21-19-8-9-4-5-12(22)13(23)6-9/h1-8,22-23H,(H2,20,21,24)/b19-8+. The van der Waals surface area contributed by atoms with E-state index in [9.17, 15) is 23.4 Å². The molecule has 0 aliphatic heterocycles. The third kappa shape index (κ3) is 4.85. The van der Waals surface area contributed by atoms with Crippen molar-refractivity contribution in [3.8, 4) is 11.5 Å². The van der Waals surface area contributed by atoms with Crippen molar-refractivity contribution in [2.75, 3.05) is 5.32 Å². The van der Waals surface area contributed by atoms with Gasteiger partial charge in [-0.15, -0.1) is 0 Å². The Morgan fingerprint density at radius 2 is 1.83 bits per heavy atom. The van der Waals surface area contributed by atoms with Crippen LogP contribution in [0.15, 0.2) is 47.6 Å². The van der Waals surface area contributed by atoms with E-state index in [1.807, 2.05) is 0 Å². The summed E-state index contributed by atoms with van der Waals surface area (Å²) in [6, 6.07) is 8.65. The van der Waals surface area contributed by atoms with Gasteiger partial charge in [-0.05, 0) is 54.2 Å². The monoisotopic (exact) mass is 355 g/mol. The van der Waals surface area contributed by atoms with E-state index in [-0.39, 0.29) is 22.3 Å². The van der Waals surface area contributed by atoms with Gasteiger partial charge in [-0.3, -0.25) is 5.43 Å². The van der Waals surface area contributed by atoms with Gasteiger partial charge in [0.25, 0.3) is 0 Å². The zero-order valence-corrected chi connectivity index (χ0v) is 12.8. The Hall–Kier alpha value is -2.81. The van der Waals surface area contributed by atoms with Crippen molar-refractivity contribution in [2.45, 2.75) is 6.18 Å². The lowest BCUT2D eigenvalue weighted by molar-refractivity contribution is -0.137. The number of halogens is 3. The molecule has 0 fully saturated rings. The van der Waals surface area contributed by atoms with Crippen molar-refractivity contribution in [2.24, 2.45) is 5.10 Å². The first-order valence-corrected chi connectivity index (χ1v) is 6.96. The van der Waals surface area contributed by atoms with Crippen LogP contribution in [0.2, 0.25) is 0 Å². The molecule has 9 heteroatoms. The van der Waals surface area contributed by atoms with E-state index in [1.54, 1.807) is 0 Å². The second kappa shape index (κ2) is 7.18. The van der Waals surface area contributed by atoms with Crippen LogP contribution in [0.5, 0.6) is 11.5 Å². The highest BCUT2D eigenvalue weighted by atomic mass is 32.1. The molecule has 0 saturated carbocycles. The molecule has 4 N–H and O–H groups in total. The minimum absolute atomic E-state index is 0.00595. The van der Waals surface area contributed by atoms with Gasteiger partial charge in [-0.2, -0.15) is 18.3 Å². The van der Waals surface area contributed by atoms with Crippen LogP contribution < -0.4 is 10.7 Å². The maximum absolute atomic E-state index is 12.6. The molecule has 0 saturated heterocycles. The zero-order valence-electron chi connectivity index (χ0n) is 12.0. The van der Waals surface area contributed by atoms with E-state index < -0.39 is 11.7 Å². The summed E-state index contributed by atoms with van der Waals surface area (Å²) in [4.78, 5) is 0. The van der Waals surface area contributed by atoms with E-state index in [0.717, 1.165) is 12.1 Å². The summed E-state index contributed by atoms with van der Waals surface area (Å²) in [5.74, 6) is -0.564. The summed E-state index contributed by atoms with van der Waals surface area (Å²) in [6.45, 7) is 0. The number of nitrogens with zero attached hydrogens (tertiary/aromatic N) is 1. The summed E-state index contributed by atoms with van der Waals surface area (Å²) >= 11 is 4.93. The molecule has 0 aromatic heterocycles. The van der Waals surface area contributed by atoms with Crippen LogP contribution in [-0.4, -0.2) is 21.5 Å². The minimum Gasteiger partial charge on any atom is -0.504 e. The second-order valence-corrected chi connectivity index (χ2v) is 5.06. The molecule has 0 radical (unpaired) electrons. The predicted octanol–water partition coefficient (Wildman–Crippen LogP) is 3.44. The number of hydrogen-bond acceptors (Lipinski definition) is 4. The van der Waals surface area contributed by atoms with Crippen molar-refractivity contribution >= 4 is 29.2 Å². The van der Waals surface area contributed by atoms with Crippen LogP contribution >= 0.6 is 12.2 Å². The Morgan fingerprint density at radius 1 is 1.08 bits per heavy atom. The van der Waals surface area contributed by atoms with Crippen LogP contribution in [0.25, 0.3) is 0 Å². The highest BCUT2D eigenvalue weighted by Crippen LogP contribution is 2.30. The molecule has 0 aliphatic carbocycles. The Morgan fingerprint density at radius 3 is 2.50 bits per heavy atom. The predicted molar refractivity (Wildman–Crippen MR) is 88.2 cm³/mol. The number of hydrogen-bond donors (Lipinski definition) is 4. The third-order valence-electron chi connectivity index (χ3n) is 2.83. The molecule has 0 amide bonds. The lowest BCUT2D eigenvalue weighted by Crippen LogP contribution is -2.24. The normalized spacial score (nSPS) is 11.5. The number of phenols is 2. The van der Waals surface area contributed by atoms with Gasteiger partial charge in [-0.1, -0.05) is 6.07 Å². The van der Waals surface area contributed by atoms with Crippen LogP contribution in [0, 0.1) is 0 Å². The number of benzene rings is 2. The fraction of sp³-hybridized carbons (Fsp3) is 0.0667. The lowest BCUT2D eigenvalue weighted by atomic mass is 10.2. The fourth-order valence-corrected chi connectivity index (χ4v) is 1.89. The lowest BCUT2D eigenvalue weighted by Gasteiger charge is -2.10. The molecule has 0 atom stereocenters. The smallest absolute Gasteiger partial charge is 0.416 e. The van der Waals surface area contributed by atoms with Crippen LogP contribution in [0.4, 0.5) is 18.9 Å². The molecule has 126 valence electrons. The summed E-state index contributed by atoms with van der Waals surface area (Å²) in [7, 11) is 0. The van der Waals surface area contributed by atoms with Gasteiger partial charge in [-0.25, -0.2) is 0 Å². The maximum atomic E-state index is 12.6. The van der Waals surface area contributed by atoms with E-state index in [1.165, 1.54) is 36.5 Å². The topological polar surface area (TPSA) is 76.9 Å². The van der Waals surface area contributed by atoms with Gasteiger partial charge in [0, 0.05) is 5.69 Å². The van der Waals surface area contributed by atoms with E-state index in [4.69, 9.17) is 12.2 Å². The van der Waals surface area contributed by atoms with Crippen molar-refractivity contribution in [1.29, 1.82) is 0 Å². The average molecular weight is 355 g/mol. The number of anilines is 1. The third-order valence-corrected chi connectivity index (χ3v) is 3.02. The molecule has 0 unspecified atom stereocenters. The molecule has 2 aromatic carbocycles. The number of alkyl halides is 3. The second-order valence-electron chi connectivity index (χ2n) is 4.65. The maximum Gasteiger partial charge on any atom is 0.416 e. The first-order valence-electron chi connectivity index (χ1n) is 6.55. The Balaban J connectivity index is 1.96. The molecule has 0 heterocycles. The zero-order chi connectivity index (χ0) is 17.7. The first kappa shape index (κ1) is 17.5. The fourth-order valence-electron chi connectivity index (χ4n) is 1.72. The molecule has 0 bridgehead atoms. The summed E-state index contributed by atoms with van der Waals surface area (Å²) < 4.78 is 37.9. The molecular formula is C15H12F3N3O2S. The average Bonchev–Trinajstić information content (AvgIpc) is 2.50. The number of phenolic OH excluding ortho intramolecular Hbond substituents is 2. The molecule has 2 aromatic rings. The highest BCUT2D eigenvalue weighted by Gasteiger charge is 2.30. The van der Waals surface area contributed by atoms with Crippen LogP contribution in [0.3, 0.4) is 0 Å². The van der Waals surface area contributed by atoms with Gasteiger partial charge in [0.2, 0.25) is 0 Å². The molecular weight excluding hydrogens is 343 g/mol. The Labute approximate surface area is 140 Å². The Bertz CT molecular complexity index is 779. The molecule has 2 rings (SSSR count). The van der Waals surface area contributed by atoms with Crippen molar-refractivity contribution < 1.29 is 23.4 Å². The van der Waals surface area contributed by atoms with E-state index >= 15 is 0 Å². The van der Waals surface area contributed by atoms with E-state index in [0.29, 0.717) is 5.56 Å². The van der Waals surface area contributed by atoms with Crippen LogP contribution in [-0.2, 0) is 6.18 Å². The highest BCUT2D eigenvalue weighted by molar-refractivity contribution is 7.80.